The highest BCUT2D eigenvalue weighted by Gasteiger charge is 2.24. The molecule has 1 aromatic heterocycles. The molecule has 0 atom stereocenters. The maximum atomic E-state index is 12.3. The van der Waals surface area contributed by atoms with E-state index in [4.69, 9.17) is 4.74 Å². The van der Waals surface area contributed by atoms with E-state index in [1.165, 1.54) is 24.2 Å². The Hall–Kier alpha value is -0.470. The maximum absolute atomic E-state index is 12.3. The van der Waals surface area contributed by atoms with E-state index in [1.807, 2.05) is 6.07 Å². The largest absolute Gasteiger partial charge is 0.381 e. The van der Waals surface area contributed by atoms with Crippen molar-refractivity contribution in [3.63, 3.8) is 0 Å². The Kier molecular flexibility index (Phi) is 4.42. The fourth-order valence-corrected chi connectivity index (χ4v) is 4.85. The minimum atomic E-state index is -3.38. The van der Waals surface area contributed by atoms with Gasteiger partial charge in [-0.3, -0.25) is 0 Å². The van der Waals surface area contributed by atoms with Gasteiger partial charge in [0.2, 0.25) is 10.0 Å². The molecule has 0 amide bonds. The molecule has 2 fully saturated rings. The second-order valence-electron chi connectivity index (χ2n) is 5.38. The molecule has 112 valence electrons. The third-order valence-electron chi connectivity index (χ3n) is 3.59. The Morgan fingerprint density at radius 3 is 2.60 bits per heavy atom. The van der Waals surface area contributed by atoms with Crippen LogP contribution in [0.3, 0.4) is 0 Å². The molecule has 1 aliphatic heterocycles. The summed E-state index contributed by atoms with van der Waals surface area (Å²) in [6, 6.07) is 4.25. The molecule has 0 aromatic carbocycles. The molecule has 5 nitrogen and oxygen atoms in total. The van der Waals surface area contributed by atoms with Crippen LogP contribution in [-0.2, 0) is 21.3 Å². The molecule has 0 bridgehead atoms. The molecule has 2 aliphatic rings. The normalized spacial score (nSPS) is 21.2. The molecular weight excluding hydrogens is 296 g/mol. The molecule has 0 spiro atoms. The van der Waals surface area contributed by atoms with Crippen LogP contribution in [0.4, 0.5) is 0 Å². The van der Waals surface area contributed by atoms with Crippen LogP contribution in [0, 0.1) is 0 Å². The van der Waals surface area contributed by atoms with Gasteiger partial charge in [-0.25, -0.2) is 13.1 Å². The van der Waals surface area contributed by atoms with Crippen LogP contribution in [0.1, 0.15) is 30.6 Å². The van der Waals surface area contributed by atoms with Crippen LogP contribution in [0.15, 0.2) is 16.3 Å². The third-order valence-corrected chi connectivity index (χ3v) is 6.68. The van der Waals surface area contributed by atoms with Crippen LogP contribution in [0.5, 0.6) is 0 Å². The number of hydrogen-bond acceptors (Lipinski definition) is 5. The van der Waals surface area contributed by atoms with Crippen molar-refractivity contribution in [3.05, 3.63) is 17.0 Å². The molecule has 3 rings (SSSR count). The number of sulfonamides is 1. The van der Waals surface area contributed by atoms with E-state index in [-0.39, 0.29) is 6.04 Å². The first-order valence-corrected chi connectivity index (χ1v) is 9.35. The van der Waals surface area contributed by atoms with Crippen molar-refractivity contribution >= 4 is 21.4 Å². The summed E-state index contributed by atoms with van der Waals surface area (Å²) in [5, 5.41) is 3.40. The molecule has 20 heavy (non-hydrogen) atoms. The summed E-state index contributed by atoms with van der Waals surface area (Å²) in [7, 11) is -3.38. The van der Waals surface area contributed by atoms with Crippen molar-refractivity contribution in [2.45, 2.75) is 48.5 Å². The van der Waals surface area contributed by atoms with Gasteiger partial charge in [0.05, 0.1) is 0 Å². The van der Waals surface area contributed by atoms with Crippen molar-refractivity contribution in [2.24, 2.45) is 0 Å². The van der Waals surface area contributed by atoms with Gasteiger partial charge in [0.15, 0.2) is 0 Å². The van der Waals surface area contributed by atoms with Gasteiger partial charge in [0.1, 0.15) is 4.21 Å². The first-order valence-electron chi connectivity index (χ1n) is 7.06. The smallest absolute Gasteiger partial charge is 0.250 e. The van der Waals surface area contributed by atoms with Crippen LogP contribution in [0.2, 0.25) is 0 Å². The summed E-state index contributed by atoms with van der Waals surface area (Å²) in [4.78, 5) is 1.07. The van der Waals surface area contributed by atoms with Crippen LogP contribution in [0.25, 0.3) is 0 Å². The van der Waals surface area contributed by atoms with Crippen molar-refractivity contribution in [1.29, 1.82) is 0 Å². The first kappa shape index (κ1) is 14.5. The summed E-state index contributed by atoms with van der Waals surface area (Å²) >= 11 is 1.35. The van der Waals surface area contributed by atoms with E-state index in [0.717, 1.165) is 24.3 Å². The lowest BCUT2D eigenvalue weighted by Crippen LogP contribution is -2.38. The van der Waals surface area contributed by atoms with Crippen LogP contribution < -0.4 is 10.0 Å². The summed E-state index contributed by atoms with van der Waals surface area (Å²) in [5.41, 5.74) is 0. The highest BCUT2D eigenvalue weighted by atomic mass is 32.2. The predicted octanol–water partition coefficient (Wildman–Crippen LogP) is 1.46. The Bertz CT molecular complexity index is 546. The average molecular weight is 316 g/mol. The minimum absolute atomic E-state index is 0.00360. The van der Waals surface area contributed by atoms with E-state index in [9.17, 15) is 8.42 Å². The van der Waals surface area contributed by atoms with Crippen molar-refractivity contribution < 1.29 is 13.2 Å². The number of ether oxygens (including phenoxy) is 1. The molecule has 1 aromatic rings. The number of rotatable bonds is 6. The molecule has 7 heteroatoms. The Morgan fingerprint density at radius 2 is 1.90 bits per heavy atom. The van der Waals surface area contributed by atoms with E-state index in [1.54, 1.807) is 6.07 Å². The van der Waals surface area contributed by atoms with E-state index < -0.39 is 10.0 Å². The quantitative estimate of drug-likeness (QED) is 0.834. The number of hydrogen-bond donors (Lipinski definition) is 2. The summed E-state index contributed by atoms with van der Waals surface area (Å²) in [6.07, 6.45) is 3.98. The fourth-order valence-electron chi connectivity index (χ4n) is 2.22. The third kappa shape index (κ3) is 3.79. The van der Waals surface area contributed by atoms with Gasteiger partial charge in [0.25, 0.3) is 0 Å². The Labute approximate surface area is 123 Å². The molecule has 0 unspecified atom stereocenters. The van der Waals surface area contributed by atoms with Gasteiger partial charge < -0.3 is 10.1 Å². The lowest BCUT2D eigenvalue weighted by atomic mass is 10.1. The number of nitrogens with one attached hydrogen (secondary N) is 2. The second kappa shape index (κ2) is 6.11. The van der Waals surface area contributed by atoms with Crippen LogP contribution >= 0.6 is 11.3 Å². The van der Waals surface area contributed by atoms with Gasteiger partial charge in [-0.1, -0.05) is 0 Å². The molecule has 1 saturated heterocycles. The van der Waals surface area contributed by atoms with Crippen molar-refractivity contribution in [2.75, 3.05) is 13.2 Å². The monoisotopic (exact) mass is 316 g/mol. The highest BCUT2D eigenvalue weighted by molar-refractivity contribution is 7.91. The van der Waals surface area contributed by atoms with Gasteiger partial charge >= 0.3 is 0 Å². The molecule has 2 N–H and O–H groups in total. The van der Waals surface area contributed by atoms with Crippen LogP contribution in [-0.4, -0.2) is 33.7 Å². The zero-order chi connectivity index (χ0) is 14.0. The zero-order valence-corrected chi connectivity index (χ0v) is 12.9. The lowest BCUT2D eigenvalue weighted by molar-refractivity contribution is 0.0832. The second-order valence-corrected chi connectivity index (χ2v) is 8.49. The molecule has 1 saturated carbocycles. The number of thiophene rings is 1. The van der Waals surface area contributed by atoms with Gasteiger partial charge in [0, 0.05) is 36.7 Å². The lowest BCUT2D eigenvalue weighted by Gasteiger charge is -2.22. The zero-order valence-electron chi connectivity index (χ0n) is 11.3. The first-order chi connectivity index (χ1) is 9.63. The van der Waals surface area contributed by atoms with E-state index >= 15 is 0 Å². The van der Waals surface area contributed by atoms with Gasteiger partial charge in [-0.2, -0.15) is 0 Å². The van der Waals surface area contributed by atoms with E-state index in [2.05, 4.69) is 10.0 Å². The van der Waals surface area contributed by atoms with Gasteiger partial charge in [-0.05, 0) is 37.8 Å². The Balaban J connectivity index is 1.60. The summed E-state index contributed by atoms with van der Waals surface area (Å²) in [5.74, 6) is 0. The maximum Gasteiger partial charge on any atom is 0.250 e. The van der Waals surface area contributed by atoms with Crippen molar-refractivity contribution in [1.82, 2.24) is 10.0 Å². The standard InChI is InChI=1S/C13H20N2O3S2/c16-20(17,15-11-5-7-18-8-6-11)13-4-3-12(19-13)9-14-10-1-2-10/h3-4,10-11,14-15H,1-2,5-9H2. The molecule has 2 heterocycles. The molecular formula is C13H20N2O3S2. The summed E-state index contributed by atoms with van der Waals surface area (Å²) in [6.45, 7) is 2.03. The predicted molar refractivity (Wildman–Crippen MR) is 78.3 cm³/mol. The average Bonchev–Trinajstić information content (AvgIpc) is 3.13. The fraction of sp³-hybridized carbons (Fsp3) is 0.692. The summed E-state index contributed by atoms with van der Waals surface area (Å²) < 4.78 is 33.0. The van der Waals surface area contributed by atoms with Crippen molar-refractivity contribution in [3.8, 4) is 0 Å². The Morgan fingerprint density at radius 1 is 1.15 bits per heavy atom. The minimum Gasteiger partial charge on any atom is -0.381 e. The highest BCUT2D eigenvalue weighted by Crippen LogP contribution is 2.24. The van der Waals surface area contributed by atoms with E-state index in [0.29, 0.717) is 23.5 Å². The SMILES string of the molecule is O=S(=O)(NC1CCOCC1)c1ccc(CNC2CC2)s1. The molecule has 1 aliphatic carbocycles. The molecule has 0 radical (unpaired) electrons. The topological polar surface area (TPSA) is 67.4 Å². The van der Waals surface area contributed by atoms with Gasteiger partial charge in [-0.15, -0.1) is 11.3 Å².